The number of hydrogen-bond donors (Lipinski definition) is 1. The van der Waals surface area contributed by atoms with Crippen LogP contribution in [0.3, 0.4) is 0 Å². The molecule has 0 radical (unpaired) electrons. The molecule has 0 saturated carbocycles. The molecule has 2 aromatic rings. The lowest BCUT2D eigenvalue weighted by molar-refractivity contribution is 0.450. The van der Waals surface area contributed by atoms with Gasteiger partial charge in [-0.2, -0.15) is 10.2 Å². The molecule has 2 rings (SSSR count). The van der Waals surface area contributed by atoms with Crippen LogP contribution in [-0.4, -0.2) is 25.6 Å². The molecule has 2 heterocycles. The molecule has 98 valence electrons. The maximum Gasteiger partial charge on any atom is 0.0632 e. The molecule has 0 aliphatic rings. The minimum Gasteiger partial charge on any atom is -0.308 e. The Labute approximate surface area is 115 Å². The largest absolute Gasteiger partial charge is 0.308 e. The smallest absolute Gasteiger partial charge is 0.0632 e. The van der Waals surface area contributed by atoms with Crippen LogP contribution < -0.4 is 5.32 Å². The van der Waals surface area contributed by atoms with E-state index >= 15 is 0 Å². The van der Waals surface area contributed by atoms with E-state index in [2.05, 4.69) is 45.3 Å². The second-order valence-electron chi connectivity index (χ2n) is 4.54. The van der Waals surface area contributed by atoms with Crippen LogP contribution >= 0.6 is 15.9 Å². The molecule has 0 aliphatic heterocycles. The first-order valence-corrected chi connectivity index (χ1v) is 6.74. The van der Waals surface area contributed by atoms with E-state index < -0.39 is 0 Å². The van der Waals surface area contributed by atoms with E-state index in [9.17, 15) is 0 Å². The minimum absolute atomic E-state index is 0.358. The fourth-order valence-corrected chi connectivity index (χ4v) is 2.11. The molecule has 18 heavy (non-hydrogen) atoms. The number of nitrogens with zero attached hydrogens (tertiary/aromatic N) is 4. The van der Waals surface area contributed by atoms with Gasteiger partial charge in [0.25, 0.3) is 0 Å². The second-order valence-corrected chi connectivity index (χ2v) is 5.46. The van der Waals surface area contributed by atoms with E-state index in [1.165, 1.54) is 11.3 Å². The SMILES string of the molecule is Cc1c(CNC(C)Cn2cc(Br)cn2)cnn1C. The van der Waals surface area contributed by atoms with Crippen molar-refractivity contribution < 1.29 is 0 Å². The number of aromatic nitrogens is 4. The Balaban J connectivity index is 1.85. The van der Waals surface area contributed by atoms with Gasteiger partial charge in [0.1, 0.15) is 0 Å². The van der Waals surface area contributed by atoms with Crippen LogP contribution in [0, 0.1) is 6.92 Å². The summed E-state index contributed by atoms with van der Waals surface area (Å²) in [6.07, 6.45) is 5.70. The van der Waals surface area contributed by atoms with E-state index in [1.54, 1.807) is 6.20 Å². The van der Waals surface area contributed by atoms with Crippen molar-refractivity contribution >= 4 is 15.9 Å². The van der Waals surface area contributed by atoms with Gasteiger partial charge >= 0.3 is 0 Å². The van der Waals surface area contributed by atoms with Crippen LogP contribution in [0.5, 0.6) is 0 Å². The quantitative estimate of drug-likeness (QED) is 0.917. The van der Waals surface area contributed by atoms with Crippen molar-refractivity contribution in [1.82, 2.24) is 24.9 Å². The molecule has 0 bridgehead atoms. The average molecular weight is 312 g/mol. The molecule has 0 amide bonds. The Bertz CT molecular complexity index is 516. The predicted octanol–water partition coefficient (Wildman–Crippen LogP) is 1.87. The van der Waals surface area contributed by atoms with Crippen molar-refractivity contribution in [3.8, 4) is 0 Å². The first-order valence-electron chi connectivity index (χ1n) is 5.95. The van der Waals surface area contributed by atoms with Crippen molar-refractivity contribution in [3.63, 3.8) is 0 Å². The van der Waals surface area contributed by atoms with Crippen LogP contribution in [0.25, 0.3) is 0 Å². The number of aryl methyl sites for hydroxylation is 1. The van der Waals surface area contributed by atoms with Gasteiger partial charge in [0, 0.05) is 37.1 Å². The van der Waals surface area contributed by atoms with Crippen LogP contribution in [0.15, 0.2) is 23.1 Å². The van der Waals surface area contributed by atoms with Gasteiger partial charge in [-0.05, 0) is 29.8 Å². The van der Waals surface area contributed by atoms with Gasteiger partial charge in [-0.1, -0.05) is 0 Å². The zero-order valence-electron chi connectivity index (χ0n) is 10.9. The monoisotopic (exact) mass is 311 g/mol. The fraction of sp³-hybridized carbons (Fsp3) is 0.500. The first-order chi connectivity index (χ1) is 8.56. The molecule has 0 aliphatic carbocycles. The number of rotatable bonds is 5. The van der Waals surface area contributed by atoms with Crippen molar-refractivity contribution in [2.45, 2.75) is 33.0 Å². The van der Waals surface area contributed by atoms with E-state index in [1.807, 2.05) is 28.8 Å². The minimum atomic E-state index is 0.358. The molecular weight excluding hydrogens is 294 g/mol. The van der Waals surface area contributed by atoms with Crippen molar-refractivity contribution in [2.24, 2.45) is 7.05 Å². The zero-order valence-corrected chi connectivity index (χ0v) is 12.5. The second kappa shape index (κ2) is 5.67. The number of hydrogen-bond acceptors (Lipinski definition) is 3. The summed E-state index contributed by atoms with van der Waals surface area (Å²) in [5.41, 5.74) is 2.45. The van der Waals surface area contributed by atoms with Gasteiger partial charge < -0.3 is 5.32 Å². The third kappa shape index (κ3) is 3.20. The molecule has 0 aromatic carbocycles. The molecule has 2 aromatic heterocycles. The molecule has 0 spiro atoms. The van der Waals surface area contributed by atoms with Gasteiger partial charge in [-0.15, -0.1) is 0 Å². The summed E-state index contributed by atoms with van der Waals surface area (Å²) in [6.45, 7) is 5.93. The summed E-state index contributed by atoms with van der Waals surface area (Å²) in [7, 11) is 1.96. The van der Waals surface area contributed by atoms with Crippen LogP contribution in [0.2, 0.25) is 0 Å². The molecule has 0 saturated heterocycles. The summed E-state index contributed by atoms with van der Waals surface area (Å²) in [6, 6.07) is 0.358. The molecule has 1 atom stereocenters. The van der Waals surface area contributed by atoms with Gasteiger partial charge in [0.2, 0.25) is 0 Å². The highest BCUT2D eigenvalue weighted by molar-refractivity contribution is 9.10. The maximum atomic E-state index is 4.25. The van der Waals surface area contributed by atoms with Gasteiger partial charge in [-0.25, -0.2) is 0 Å². The summed E-state index contributed by atoms with van der Waals surface area (Å²) in [5, 5.41) is 12.0. The normalized spacial score (nSPS) is 12.9. The summed E-state index contributed by atoms with van der Waals surface area (Å²) in [4.78, 5) is 0. The Kier molecular flexibility index (Phi) is 4.19. The molecule has 0 fully saturated rings. The summed E-state index contributed by atoms with van der Waals surface area (Å²) in [5.74, 6) is 0. The van der Waals surface area contributed by atoms with E-state index in [4.69, 9.17) is 0 Å². The standard InChI is InChI=1S/C12H18BrN5/c1-9(7-18-8-12(13)6-16-18)14-4-11-5-15-17(3)10(11)2/h5-6,8-9,14H,4,7H2,1-3H3. The van der Waals surface area contributed by atoms with Crippen molar-refractivity contribution in [3.05, 3.63) is 34.3 Å². The number of halogens is 1. The van der Waals surface area contributed by atoms with E-state index in [0.717, 1.165) is 17.6 Å². The van der Waals surface area contributed by atoms with Crippen LogP contribution in [0.4, 0.5) is 0 Å². The Morgan fingerprint density at radius 3 is 2.72 bits per heavy atom. The van der Waals surface area contributed by atoms with Crippen LogP contribution in [0.1, 0.15) is 18.2 Å². The van der Waals surface area contributed by atoms with Crippen LogP contribution in [-0.2, 0) is 20.1 Å². The third-order valence-corrected chi connectivity index (χ3v) is 3.45. The molecule has 5 nitrogen and oxygen atoms in total. The lowest BCUT2D eigenvalue weighted by Gasteiger charge is -2.13. The lowest BCUT2D eigenvalue weighted by atomic mass is 10.2. The van der Waals surface area contributed by atoms with Crippen molar-refractivity contribution in [1.29, 1.82) is 0 Å². The van der Waals surface area contributed by atoms with E-state index in [-0.39, 0.29) is 0 Å². The Morgan fingerprint density at radius 1 is 1.39 bits per heavy atom. The maximum absolute atomic E-state index is 4.25. The summed E-state index contributed by atoms with van der Waals surface area (Å²) < 4.78 is 4.84. The topological polar surface area (TPSA) is 47.7 Å². The Hall–Kier alpha value is -1.14. The number of nitrogens with one attached hydrogen (secondary N) is 1. The van der Waals surface area contributed by atoms with E-state index in [0.29, 0.717) is 6.04 Å². The predicted molar refractivity (Wildman–Crippen MR) is 74.2 cm³/mol. The van der Waals surface area contributed by atoms with Gasteiger partial charge in [-0.3, -0.25) is 9.36 Å². The first kappa shape index (κ1) is 13.3. The highest BCUT2D eigenvalue weighted by Crippen LogP contribution is 2.08. The Morgan fingerprint density at radius 2 is 2.17 bits per heavy atom. The molecule has 1 unspecified atom stereocenters. The van der Waals surface area contributed by atoms with Gasteiger partial charge in [0.15, 0.2) is 0 Å². The molecule has 6 heteroatoms. The molecule has 1 N–H and O–H groups in total. The van der Waals surface area contributed by atoms with Crippen molar-refractivity contribution in [2.75, 3.05) is 0 Å². The highest BCUT2D eigenvalue weighted by Gasteiger charge is 2.07. The fourth-order valence-electron chi connectivity index (χ4n) is 1.79. The highest BCUT2D eigenvalue weighted by atomic mass is 79.9. The average Bonchev–Trinajstić information content (AvgIpc) is 2.86. The molecular formula is C12H18BrN5. The zero-order chi connectivity index (χ0) is 13.1. The lowest BCUT2D eigenvalue weighted by Crippen LogP contribution is -2.30. The van der Waals surface area contributed by atoms with Gasteiger partial charge in [0.05, 0.1) is 23.4 Å². The summed E-state index contributed by atoms with van der Waals surface area (Å²) >= 11 is 3.40. The third-order valence-electron chi connectivity index (χ3n) is 3.04.